The molecule has 1 aliphatic carbocycles. The predicted octanol–water partition coefficient (Wildman–Crippen LogP) is 1.70. The lowest BCUT2D eigenvalue weighted by Crippen LogP contribution is -2.53. The Hall–Kier alpha value is -0.0800. The zero-order valence-corrected chi connectivity index (χ0v) is 9.63. The van der Waals surface area contributed by atoms with Gasteiger partial charge in [-0.15, -0.1) is 0 Å². The molecule has 2 N–H and O–H groups in total. The number of rotatable bonds is 2. The zero-order chi connectivity index (χ0) is 10.2. The quantitative estimate of drug-likeness (QED) is 0.728. The van der Waals surface area contributed by atoms with Crippen LogP contribution in [0.3, 0.4) is 0 Å². The highest BCUT2D eigenvalue weighted by molar-refractivity contribution is 4.99. The van der Waals surface area contributed by atoms with E-state index in [1.165, 1.54) is 38.8 Å². The number of hydrogen-bond acceptors (Lipinski definition) is 2. The highest BCUT2D eigenvalue weighted by atomic mass is 15.1. The molecule has 2 unspecified atom stereocenters. The van der Waals surface area contributed by atoms with Gasteiger partial charge in [-0.05, 0) is 56.7 Å². The second-order valence-electron chi connectivity index (χ2n) is 5.56. The summed E-state index contributed by atoms with van der Waals surface area (Å²) in [7, 11) is 2.27. The minimum Gasteiger partial charge on any atom is -0.330 e. The number of nitrogens with zero attached hydrogens (tertiary/aromatic N) is 1. The van der Waals surface area contributed by atoms with Gasteiger partial charge in [0, 0.05) is 6.54 Å². The van der Waals surface area contributed by atoms with Gasteiger partial charge < -0.3 is 10.6 Å². The van der Waals surface area contributed by atoms with E-state index in [9.17, 15) is 0 Å². The molecule has 1 aliphatic heterocycles. The molecule has 2 heteroatoms. The highest BCUT2D eigenvalue weighted by Gasteiger charge is 2.48. The summed E-state index contributed by atoms with van der Waals surface area (Å²) in [5, 5.41) is 0. The molecule has 0 aromatic heterocycles. The van der Waals surface area contributed by atoms with Crippen molar-refractivity contribution in [1.82, 2.24) is 4.90 Å². The molecule has 0 amide bonds. The minimum absolute atomic E-state index is 0.659. The van der Waals surface area contributed by atoms with E-state index < -0.39 is 0 Å². The Morgan fingerprint density at radius 3 is 2.71 bits per heavy atom. The maximum Gasteiger partial charge on any atom is 0.00377 e. The first-order valence-electron chi connectivity index (χ1n) is 6.06. The first kappa shape index (κ1) is 10.4. The molecule has 2 aliphatic rings. The molecule has 2 fully saturated rings. The van der Waals surface area contributed by atoms with Gasteiger partial charge in [0.05, 0.1) is 0 Å². The SMILES string of the molecule is CC(CN)C1CCN(C)CC12CCC2. The first-order valence-corrected chi connectivity index (χ1v) is 6.06. The van der Waals surface area contributed by atoms with E-state index in [-0.39, 0.29) is 0 Å². The monoisotopic (exact) mass is 196 g/mol. The maximum absolute atomic E-state index is 5.82. The summed E-state index contributed by atoms with van der Waals surface area (Å²) in [5.41, 5.74) is 6.48. The predicted molar refractivity (Wildman–Crippen MR) is 60.1 cm³/mol. The summed E-state index contributed by atoms with van der Waals surface area (Å²) in [6.07, 6.45) is 5.72. The fourth-order valence-electron chi connectivity index (χ4n) is 3.61. The van der Waals surface area contributed by atoms with Gasteiger partial charge in [-0.1, -0.05) is 13.3 Å². The molecule has 0 radical (unpaired) electrons. The van der Waals surface area contributed by atoms with Crippen LogP contribution in [0.15, 0.2) is 0 Å². The van der Waals surface area contributed by atoms with E-state index in [1.807, 2.05) is 0 Å². The van der Waals surface area contributed by atoms with Crippen LogP contribution in [0.1, 0.15) is 32.6 Å². The maximum atomic E-state index is 5.82. The van der Waals surface area contributed by atoms with E-state index in [0.717, 1.165) is 18.4 Å². The van der Waals surface area contributed by atoms with Crippen LogP contribution < -0.4 is 5.73 Å². The molecule has 0 bridgehead atoms. The van der Waals surface area contributed by atoms with E-state index >= 15 is 0 Å². The molecule has 1 heterocycles. The van der Waals surface area contributed by atoms with Gasteiger partial charge in [0.1, 0.15) is 0 Å². The third-order valence-corrected chi connectivity index (χ3v) is 4.60. The number of hydrogen-bond donors (Lipinski definition) is 1. The van der Waals surface area contributed by atoms with Crippen molar-refractivity contribution < 1.29 is 0 Å². The van der Waals surface area contributed by atoms with Crippen LogP contribution in [0.25, 0.3) is 0 Å². The molecular formula is C12H24N2. The van der Waals surface area contributed by atoms with Crippen LogP contribution in [0, 0.1) is 17.3 Å². The lowest BCUT2D eigenvalue weighted by Gasteiger charge is -2.55. The van der Waals surface area contributed by atoms with E-state index in [0.29, 0.717) is 5.41 Å². The third kappa shape index (κ3) is 1.59. The van der Waals surface area contributed by atoms with Crippen molar-refractivity contribution in [3.8, 4) is 0 Å². The Morgan fingerprint density at radius 2 is 2.21 bits per heavy atom. The second kappa shape index (κ2) is 3.82. The lowest BCUT2D eigenvalue weighted by molar-refractivity contribution is -0.0490. The van der Waals surface area contributed by atoms with Gasteiger partial charge in [-0.25, -0.2) is 0 Å². The zero-order valence-electron chi connectivity index (χ0n) is 9.63. The fraction of sp³-hybridized carbons (Fsp3) is 1.00. The van der Waals surface area contributed by atoms with Crippen LogP contribution in [-0.2, 0) is 0 Å². The molecule has 0 aromatic rings. The standard InChI is InChI=1S/C12H24N2/c1-10(8-13)11-4-7-14(2)9-12(11)5-3-6-12/h10-11H,3-9,13H2,1-2H3. The first-order chi connectivity index (χ1) is 6.68. The molecule has 0 aromatic carbocycles. The van der Waals surface area contributed by atoms with E-state index in [1.54, 1.807) is 0 Å². The molecule has 14 heavy (non-hydrogen) atoms. The normalized spacial score (nSPS) is 34.1. The molecule has 2 atom stereocenters. The Morgan fingerprint density at radius 1 is 1.50 bits per heavy atom. The van der Waals surface area contributed by atoms with Gasteiger partial charge in [0.25, 0.3) is 0 Å². The molecular weight excluding hydrogens is 172 g/mol. The average Bonchev–Trinajstić information content (AvgIpc) is 2.14. The van der Waals surface area contributed by atoms with Crippen LogP contribution in [-0.4, -0.2) is 31.6 Å². The molecule has 1 saturated carbocycles. The third-order valence-electron chi connectivity index (χ3n) is 4.60. The number of nitrogens with two attached hydrogens (primary N) is 1. The van der Waals surface area contributed by atoms with Crippen molar-refractivity contribution in [1.29, 1.82) is 0 Å². The van der Waals surface area contributed by atoms with Gasteiger partial charge in [0.2, 0.25) is 0 Å². The Kier molecular flexibility index (Phi) is 2.85. The van der Waals surface area contributed by atoms with Crippen molar-refractivity contribution in [3.05, 3.63) is 0 Å². The Balaban J connectivity index is 2.07. The van der Waals surface area contributed by atoms with Crippen LogP contribution in [0.2, 0.25) is 0 Å². The molecule has 1 saturated heterocycles. The lowest BCUT2D eigenvalue weighted by atomic mass is 9.55. The van der Waals surface area contributed by atoms with Crippen LogP contribution >= 0.6 is 0 Å². The molecule has 82 valence electrons. The average molecular weight is 196 g/mol. The Labute approximate surface area is 87.8 Å². The van der Waals surface area contributed by atoms with Crippen molar-refractivity contribution in [2.75, 3.05) is 26.7 Å². The van der Waals surface area contributed by atoms with Crippen molar-refractivity contribution >= 4 is 0 Å². The van der Waals surface area contributed by atoms with Crippen LogP contribution in [0.5, 0.6) is 0 Å². The topological polar surface area (TPSA) is 29.3 Å². The van der Waals surface area contributed by atoms with Gasteiger partial charge in [0.15, 0.2) is 0 Å². The molecule has 1 spiro atoms. The van der Waals surface area contributed by atoms with Crippen molar-refractivity contribution in [3.63, 3.8) is 0 Å². The summed E-state index contributed by atoms with van der Waals surface area (Å²) >= 11 is 0. The van der Waals surface area contributed by atoms with E-state index in [4.69, 9.17) is 5.73 Å². The fourth-order valence-corrected chi connectivity index (χ4v) is 3.61. The van der Waals surface area contributed by atoms with E-state index in [2.05, 4.69) is 18.9 Å². The number of likely N-dealkylation sites (tertiary alicyclic amines) is 1. The van der Waals surface area contributed by atoms with Crippen LogP contribution in [0.4, 0.5) is 0 Å². The molecule has 2 rings (SSSR count). The summed E-state index contributed by atoms with van der Waals surface area (Å²) in [6.45, 7) is 5.81. The largest absolute Gasteiger partial charge is 0.330 e. The second-order valence-corrected chi connectivity index (χ2v) is 5.56. The van der Waals surface area contributed by atoms with Gasteiger partial charge >= 0.3 is 0 Å². The van der Waals surface area contributed by atoms with Gasteiger partial charge in [-0.2, -0.15) is 0 Å². The minimum atomic E-state index is 0.659. The number of piperidine rings is 1. The summed E-state index contributed by atoms with van der Waals surface area (Å²) in [6, 6.07) is 0. The summed E-state index contributed by atoms with van der Waals surface area (Å²) in [4.78, 5) is 2.51. The molecule has 2 nitrogen and oxygen atoms in total. The van der Waals surface area contributed by atoms with Crippen molar-refractivity contribution in [2.45, 2.75) is 32.6 Å². The summed E-state index contributed by atoms with van der Waals surface area (Å²) < 4.78 is 0. The smallest absolute Gasteiger partial charge is 0.00377 e. The Bertz CT molecular complexity index is 198. The van der Waals surface area contributed by atoms with Gasteiger partial charge in [-0.3, -0.25) is 0 Å². The highest BCUT2D eigenvalue weighted by Crippen LogP contribution is 2.53. The van der Waals surface area contributed by atoms with Crippen molar-refractivity contribution in [2.24, 2.45) is 23.0 Å². The summed E-state index contributed by atoms with van der Waals surface area (Å²) in [5.74, 6) is 1.63.